The van der Waals surface area contributed by atoms with Crippen molar-refractivity contribution in [1.29, 1.82) is 0 Å². The van der Waals surface area contributed by atoms with E-state index < -0.39 is 0 Å². The summed E-state index contributed by atoms with van der Waals surface area (Å²) in [6, 6.07) is 72.1. The molecular formula is C128H128S8. The van der Waals surface area contributed by atoms with Crippen molar-refractivity contribution in [2.24, 2.45) is 0 Å². The smallest absolute Gasteiger partial charge is 0.0387 e. The van der Waals surface area contributed by atoms with Gasteiger partial charge in [0.05, 0.1) is 0 Å². The molecule has 0 saturated carbocycles. The van der Waals surface area contributed by atoms with Crippen LogP contribution in [0.5, 0.6) is 0 Å². The van der Waals surface area contributed by atoms with Gasteiger partial charge in [-0.2, -0.15) is 0 Å². The molecule has 24 rings (SSSR count). The summed E-state index contributed by atoms with van der Waals surface area (Å²) in [6.45, 7) is 70.8. The van der Waals surface area contributed by atoms with Crippen LogP contribution in [0.25, 0.3) is 161 Å². The Morgan fingerprint density at radius 3 is 0.184 bits per heavy atom. The predicted molar refractivity (Wildman–Crippen MR) is 626 cm³/mol. The quantitative estimate of drug-likeness (QED) is 0.142. The monoisotopic (exact) mass is 1920 g/mol. The lowest BCUT2D eigenvalue weighted by Gasteiger charge is -2.01. The van der Waals surface area contributed by atoms with Gasteiger partial charge in [0.25, 0.3) is 0 Å². The molecule has 0 fully saturated rings. The van der Waals surface area contributed by atoms with Gasteiger partial charge in [0, 0.05) is 161 Å². The highest BCUT2D eigenvalue weighted by atomic mass is 32.1. The maximum Gasteiger partial charge on any atom is 0.0387 e. The highest BCUT2D eigenvalue weighted by molar-refractivity contribution is 7.29. The van der Waals surface area contributed by atoms with Crippen molar-refractivity contribution in [3.63, 3.8) is 0 Å². The lowest BCUT2D eigenvalue weighted by atomic mass is 10.0. The Morgan fingerprint density at radius 2 is 0.132 bits per heavy atom. The van der Waals surface area contributed by atoms with Gasteiger partial charge < -0.3 is 0 Å². The summed E-state index contributed by atoms with van der Waals surface area (Å²) in [6.07, 6.45) is 0. The molecule has 136 heavy (non-hydrogen) atoms. The maximum absolute atomic E-state index is 2.27. The largest absolute Gasteiger partial charge is 0.135 e. The number of aryl methyl sites for hydroxylation is 32. The second-order valence-corrected chi connectivity index (χ2v) is 47.1. The van der Waals surface area contributed by atoms with Crippen molar-refractivity contribution in [3.05, 3.63) is 372 Å². The summed E-state index contributed by atoms with van der Waals surface area (Å²) in [4.78, 5) is 0. The molecule has 0 amide bonds. The molecule has 24 aromatic rings. The fourth-order valence-corrected chi connectivity index (χ4v) is 30.2. The van der Waals surface area contributed by atoms with Crippen LogP contribution in [0.1, 0.15) is 178 Å². The Hall–Kier alpha value is -10.7. The van der Waals surface area contributed by atoms with Crippen LogP contribution in [0.4, 0.5) is 0 Å². The molecule has 0 saturated heterocycles. The Balaban J connectivity index is 0.000000108. The molecule has 0 N–H and O–H groups in total. The minimum atomic E-state index is 1.39. The van der Waals surface area contributed by atoms with E-state index in [1.807, 2.05) is 90.7 Å². The van der Waals surface area contributed by atoms with Gasteiger partial charge in [-0.15, -0.1) is 90.7 Å². The Kier molecular flexibility index (Phi) is 27.5. The minimum Gasteiger partial charge on any atom is -0.135 e. The summed E-state index contributed by atoms with van der Waals surface area (Å²) in [5, 5.41) is 22.6. The Bertz CT molecular complexity index is 6920. The van der Waals surface area contributed by atoms with Crippen LogP contribution in [-0.2, 0) is 0 Å². The lowest BCUT2D eigenvalue weighted by Crippen LogP contribution is -1.80. The van der Waals surface area contributed by atoms with Crippen LogP contribution >= 0.6 is 90.7 Å². The van der Waals surface area contributed by atoms with Gasteiger partial charge in [-0.25, -0.2) is 0 Å². The standard InChI is InChI=1S/8C16H16S/c8*1-9-5-7-13-14-8-6-10(2)12(4)16(14)17-15(13)11(9)3/h8*5-8H,1-4H3. The zero-order chi connectivity index (χ0) is 97.2. The summed E-state index contributed by atoms with van der Waals surface area (Å²) < 4.78 is 23.2. The highest BCUT2D eigenvalue weighted by Gasteiger charge is 2.21. The van der Waals surface area contributed by atoms with Crippen LogP contribution in [0.3, 0.4) is 0 Å². The molecule has 0 nitrogen and oxygen atoms in total. The van der Waals surface area contributed by atoms with Crippen LogP contribution < -0.4 is 0 Å². The minimum absolute atomic E-state index is 1.39. The van der Waals surface area contributed by atoms with E-state index >= 15 is 0 Å². The van der Waals surface area contributed by atoms with Gasteiger partial charge in [-0.3, -0.25) is 0 Å². The molecule has 688 valence electrons. The Morgan fingerprint density at radius 1 is 0.0809 bits per heavy atom. The summed E-state index contributed by atoms with van der Waals surface area (Å²) >= 11 is 15.5. The molecule has 8 heteroatoms. The number of fused-ring (bicyclic) bond motifs is 24. The van der Waals surface area contributed by atoms with E-state index in [-0.39, 0.29) is 0 Å². The first-order valence-electron chi connectivity index (χ1n) is 47.8. The fraction of sp³-hybridized carbons (Fsp3) is 0.250. The van der Waals surface area contributed by atoms with E-state index in [1.54, 1.807) is 0 Å². The van der Waals surface area contributed by atoms with Crippen molar-refractivity contribution in [1.82, 2.24) is 0 Å². The first-order valence-corrected chi connectivity index (χ1v) is 54.4. The predicted octanol–water partition coefficient (Wildman–Crippen LogP) is 42.3. The third-order valence-corrected chi connectivity index (χ3v) is 42.5. The van der Waals surface area contributed by atoms with Gasteiger partial charge in [-0.05, 0) is 400 Å². The average molecular weight is 1920 g/mol. The van der Waals surface area contributed by atoms with Crippen molar-refractivity contribution >= 4 is 252 Å². The molecule has 16 aromatic carbocycles. The third-order valence-electron chi connectivity index (χ3n) is 30.8. The number of hydrogen-bond acceptors (Lipinski definition) is 8. The first-order chi connectivity index (χ1) is 64.7. The van der Waals surface area contributed by atoms with E-state index in [9.17, 15) is 0 Å². The van der Waals surface area contributed by atoms with E-state index in [0.717, 1.165) is 0 Å². The molecule has 8 aromatic heterocycles. The van der Waals surface area contributed by atoms with Crippen molar-refractivity contribution in [2.45, 2.75) is 222 Å². The van der Waals surface area contributed by atoms with Crippen molar-refractivity contribution in [2.75, 3.05) is 0 Å². The third kappa shape index (κ3) is 17.4. The van der Waals surface area contributed by atoms with E-state index in [0.29, 0.717) is 0 Å². The lowest BCUT2D eigenvalue weighted by molar-refractivity contribution is 1.39. The van der Waals surface area contributed by atoms with Gasteiger partial charge in [0.15, 0.2) is 0 Å². The molecule has 8 heterocycles. The molecule has 0 aliphatic carbocycles. The number of rotatable bonds is 0. The first kappa shape index (κ1) is 96.9. The molecule has 0 bridgehead atoms. The number of benzene rings is 16. The zero-order valence-corrected chi connectivity index (χ0v) is 92.3. The molecule has 0 aliphatic heterocycles. The zero-order valence-electron chi connectivity index (χ0n) is 85.7. The van der Waals surface area contributed by atoms with E-state index in [4.69, 9.17) is 0 Å². The van der Waals surface area contributed by atoms with Crippen LogP contribution in [-0.4, -0.2) is 0 Å². The molecular weight excluding hydrogens is 1790 g/mol. The normalized spacial score (nSPS) is 11.5. The SMILES string of the molecule is Cc1ccc2c(sc3c(C)c(C)ccc32)c1C.Cc1ccc2c(sc3c(C)c(C)ccc32)c1C.Cc1ccc2c(sc3c(C)c(C)ccc32)c1C.Cc1ccc2c(sc3c(C)c(C)ccc32)c1C.Cc1ccc2c(sc3c(C)c(C)ccc32)c1C.Cc1ccc2c(sc3c(C)c(C)ccc32)c1C.Cc1ccc2c(sc3c(C)c(C)ccc32)c1C.Cc1ccc2c(sc3c(C)c(C)ccc32)c1C. The van der Waals surface area contributed by atoms with E-state index in [1.165, 1.54) is 339 Å². The van der Waals surface area contributed by atoms with Crippen LogP contribution in [0.2, 0.25) is 0 Å². The summed E-state index contributed by atoms with van der Waals surface area (Å²) in [7, 11) is 0. The van der Waals surface area contributed by atoms with Gasteiger partial charge >= 0.3 is 0 Å². The molecule has 0 atom stereocenters. The summed E-state index contributed by atoms with van der Waals surface area (Å²) in [5.74, 6) is 0. The average Bonchev–Trinajstić information content (AvgIpc) is 1.67. The van der Waals surface area contributed by atoms with Crippen LogP contribution in [0, 0.1) is 222 Å². The molecule has 0 spiro atoms. The second kappa shape index (κ2) is 38.6. The topological polar surface area (TPSA) is 0 Å². The number of thiophene rings is 8. The van der Waals surface area contributed by atoms with Crippen molar-refractivity contribution < 1.29 is 0 Å². The second-order valence-electron chi connectivity index (χ2n) is 39.0. The van der Waals surface area contributed by atoms with Crippen molar-refractivity contribution in [3.8, 4) is 0 Å². The molecule has 0 aliphatic rings. The maximum atomic E-state index is 2.27. The Labute approximate surface area is 838 Å². The van der Waals surface area contributed by atoms with Gasteiger partial charge in [0.2, 0.25) is 0 Å². The molecule has 0 unspecified atom stereocenters. The van der Waals surface area contributed by atoms with Gasteiger partial charge in [0.1, 0.15) is 0 Å². The van der Waals surface area contributed by atoms with Gasteiger partial charge in [-0.1, -0.05) is 194 Å². The fourth-order valence-electron chi connectivity index (χ4n) is 19.0. The summed E-state index contributed by atoms with van der Waals surface area (Å²) in [5.41, 5.74) is 45.1. The number of hydrogen-bond donors (Lipinski definition) is 0. The van der Waals surface area contributed by atoms with Crippen LogP contribution in [0.15, 0.2) is 194 Å². The molecule has 0 radical (unpaired) electrons. The highest BCUT2D eigenvalue weighted by Crippen LogP contribution is 2.48. The van der Waals surface area contributed by atoms with E-state index in [2.05, 4.69) is 416 Å².